The molecule has 158 valence electrons. The molecule has 8 aromatic rings. The van der Waals surface area contributed by atoms with Crippen molar-refractivity contribution in [2.24, 2.45) is 0 Å². The standard InChI is InChI=1S/C32H19NS/c1-2-10-22-17-29-25(16-21(22)9-1)26-19-32-27(24-13-5-6-15-31(24)34-32)18-30(26)33(29)28-14-7-11-20-8-3-4-12-23(20)28/h1-19H. The molecular formula is C32H19NS. The second-order valence-corrected chi connectivity index (χ2v) is 10.1. The van der Waals surface area contributed by atoms with Gasteiger partial charge in [0.25, 0.3) is 0 Å². The Morgan fingerprint density at radius 1 is 0.412 bits per heavy atom. The first-order chi connectivity index (χ1) is 16.8. The summed E-state index contributed by atoms with van der Waals surface area (Å²) in [5.41, 5.74) is 3.75. The molecule has 2 heterocycles. The maximum atomic E-state index is 2.48. The molecule has 0 N–H and O–H groups in total. The molecule has 0 aliphatic heterocycles. The first-order valence-corrected chi connectivity index (χ1v) is 12.4. The van der Waals surface area contributed by atoms with Gasteiger partial charge in [0.05, 0.1) is 16.7 Å². The topological polar surface area (TPSA) is 4.93 Å². The minimum atomic E-state index is 1.23. The molecule has 0 unspecified atom stereocenters. The van der Waals surface area contributed by atoms with Crippen LogP contribution in [0.2, 0.25) is 0 Å². The largest absolute Gasteiger partial charge is 0.309 e. The van der Waals surface area contributed by atoms with Gasteiger partial charge < -0.3 is 4.57 Å². The molecule has 0 saturated carbocycles. The summed E-state index contributed by atoms with van der Waals surface area (Å²) in [5.74, 6) is 0. The summed E-state index contributed by atoms with van der Waals surface area (Å²) in [6, 6.07) is 42.3. The van der Waals surface area contributed by atoms with Crippen molar-refractivity contribution in [3.63, 3.8) is 0 Å². The van der Waals surface area contributed by atoms with Crippen molar-refractivity contribution in [2.45, 2.75) is 0 Å². The first kappa shape index (κ1) is 18.3. The first-order valence-electron chi connectivity index (χ1n) is 11.6. The van der Waals surface area contributed by atoms with Gasteiger partial charge in [-0.15, -0.1) is 11.3 Å². The van der Waals surface area contributed by atoms with Crippen LogP contribution in [-0.2, 0) is 0 Å². The lowest BCUT2D eigenvalue weighted by Gasteiger charge is -2.12. The monoisotopic (exact) mass is 449 g/mol. The number of fused-ring (bicyclic) bond motifs is 8. The number of hydrogen-bond acceptors (Lipinski definition) is 1. The average molecular weight is 450 g/mol. The van der Waals surface area contributed by atoms with Gasteiger partial charge in [-0.05, 0) is 52.6 Å². The van der Waals surface area contributed by atoms with E-state index in [9.17, 15) is 0 Å². The second-order valence-electron chi connectivity index (χ2n) is 9.01. The Morgan fingerprint density at radius 2 is 1.06 bits per heavy atom. The maximum Gasteiger partial charge on any atom is 0.0548 e. The van der Waals surface area contributed by atoms with E-state index in [1.54, 1.807) is 0 Å². The van der Waals surface area contributed by atoms with Crippen molar-refractivity contribution in [3.05, 3.63) is 115 Å². The molecule has 6 aromatic carbocycles. The molecule has 0 atom stereocenters. The van der Waals surface area contributed by atoms with E-state index in [0.717, 1.165) is 0 Å². The zero-order chi connectivity index (χ0) is 22.2. The number of benzene rings is 6. The number of thiophene rings is 1. The molecule has 0 radical (unpaired) electrons. The maximum absolute atomic E-state index is 2.48. The Labute approximate surface area is 200 Å². The third-order valence-electron chi connectivity index (χ3n) is 7.14. The quantitative estimate of drug-likeness (QED) is 0.235. The summed E-state index contributed by atoms with van der Waals surface area (Å²) >= 11 is 1.89. The van der Waals surface area contributed by atoms with Gasteiger partial charge >= 0.3 is 0 Å². The summed E-state index contributed by atoms with van der Waals surface area (Å²) in [7, 11) is 0. The van der Waals surface area contributed by atoms with Crippen molar-refractivity contribution < 1.29 is 0 Å². The number of aromatic nitrogens is 1. The van der Waals surface area contributed by atoms with E-state index >= 15 is 0 Å². The van der Waals surface area contributed by atoms with Gasteiger partial charge in [0, 0.05) is 36.3 Å². The minimum absolute atomic E-state index is 1.23. The van der Waals surface area contributed by atoms with Gasteiger partial charge in [0.2, 0.25) is 0 Å². The highest BCUT2D eigenvalue weighted by molar-refractivity contribution is 7.25. The van der Waals surface area contributed by atoms with Crippen molar-refractivity contribution in [1.82, 2.24) is 4.57 Å². The molecule has 0 fully saturated rings. The third-order valence-corrected chi connectivity index (χ3v) is 8.27. The van der Waals surface area contributed by atoms with Crippen LogP contribution in [0.15, 0.2) is 115 Å². The predicted molar refractivity (Wildman–Crippen MR) is 149 cm³/mol. The summed E-state index contributed by atoms with van der Waals surface area (Å²) in [6.45, 7) is 0. The van der Waals surface area contributed by atoms with Crippen LogP contribution < -0.4 is 0 Å². The molecule has 1 nitrogen and oxygen atoms in total. The Kier molecular flexibility index (Phi) is 3.60. The second kappa shape index (κ2) is 6.69. The normalized spacial score (nSPS) is 12.1. The van der Waals surface area contributed by atoms with Crippen molar-refractivity contribution in [2.75, 3.05) is 0 Å². The summed E-state index contributed by atoms with van der Waals surface area (Å²) in [5, 5.41) is 10.4. The smallest absolute Gasteiger partial charge is 0.0548 e. The minimum Gasteiger partial charge on any atom is -0.309 e. The number of nitrogens with zero attached hydrogens (tertiary/aromatic N) is 1. The lowest BCUT2D eigenvalue weighted by Crippen LogP contribution is -1.95. The highest BCUT2D eigenvalue weighted by Crippen LogP contribution is 2.42. The fourth-order valence-electron chi connectivity index (χ4n) is 5.58. The Morgan fingerprint density at radius 3 is 1.94 bits per heavy atom. The molecule has 0 aliphatic rings. The fourth-order valence-corrected chi connectivity index (χ4v) is 6.71. The molecule has 2 aromatic heterocycles. The Balaban J connectivity index is 1.63. The van der Waals surface area contributed by atoms with Crippen LogP contribution in [0, 0.1) is 0 Å². The summed E-state index contributed by atoms with van der Waals surface area (Å²) < 4.78 is 5.17. The molecular weight excluding hydrogens is 430 g/mol. The van der Waals surface area contributed by atoms with E-state index in [4.69, 9.17) is 0 Å². The van der Waals surface area contributed by atoms with Gasteiger partial charge in [0.1, 0.15) is 0 Å². The van der Waals surface area contributed by atoms with Crippen LogP contribution in [-0.4, -0.2) is 4.57 Å². The molecule has 0 saturated heterocycles. The van der Waals surface area contributed by atoms with Gasteiger partial charge in [-0.25, -0.2) is 0 Å². The van der Waals surface area contributed by atoms with Gasteiger partial charge in [-0.2, -0.15) is 0 Å². The number of rotatable bonds is 1. The van der Waals surface area contributed by atoms with Crippen LogP contribution in [0.25, 0.3) is 69.2 Å². The molecule has 2 heteroatoms. The van der Waals surface area contributed by atoms with E-state index in [2.05, 4.69) is 120 Å². The van der Waals surface area contributed by atoms with Crippen LogP contribution >= 0.6 is 11.3 Å². The summed E-state index contributed by atoms with van der Waals surface area (Å²) in [6.07, 6.45) is 0. The fraction of sp³-hybridized carbons (Fsp3) is 0. The predicted octanol–water partition coefficient (Wildman–Crippen LogP) is 9.46. The third kappa shape index (κ3) is 2.43. The van der Waals surface area contributed by atoms with E-state index < -0.39 is 0 Å². The van der Waals surface area contributed by atoms with Gasteiger partial charge in [-0.1, -0.05) is 78.9 Å². The Bertz CT molecular complexity index is 2070. The molecule has 0 bridgehead atoms. The lowest BCUT2D eigenvalue weighted by molar-refractivity contribution is 1.20. The van der Waals surface area contributed by atoms with Gasteiger partial charge in [0.15, 0.2) is 0 Å². The lowest BCUT2D eigenvalue weighted by atomic mass is 10.1. The molecule has 8 rings (SSSR count). The molecule has 0 aliphatic carbocycles. The zero-order valence-electron chi connectivity index (χ0n) is 18.3. The van der Waals surface area contributed by atoms with E-state index in [-0.39, 0.29) is 0 Å². The van der Waals surface area contributed by atoms with E-state index in [1.807, 2.05) is 11.3 Å². The van der Waals surface area contributed by atoms with E-state index in [0.29, 0.717) is 0 Å². The van der Waals surface area contributed by atoms with Crippen molar-refractivity contribution in [1.29, 1.82) is 0 Å². The average Bonchev–Trinajstić information content (AvgIpc) is 3.40. The van der Waals surface area contributed by atoms with Crippen LogP contribution in [0.4, 0.5) is 0 Å². The highest BCUT2D eigenvalue weighted by Gasteiger charge is 2.17. The van der Waals surface area contributed by atoms with Crippen molar-refractivity contribution in [3.8, 4) is 5.69 Å². The van der Waals surface area contributed by atoms with Gasteiger partial charge in [-0.3, -0.25) is 0 Å². The summed E-state index contributed by atoms with van der Waals surface area (Å²) in [4.78, 5) is 0. The van der Waals surface area contributed by atoms with E-state index in [1.165, 1.54) is 69.2 Å². The van der Waals surface area contributed by atoms with Crippen LogP contribution in [0.3, 0.4) is 0 Å². The van der Waals surface area contributed by atoms with Crippen LogP contribution in [0.5, 0.6) is 0 Å². The Hall–Kier alpha value is -4.14. The molecule has 0 spiro atoms. The van der Waals surface area contributed by atoms with Crippen molar-refractivity contribution >= 4 is 74.9 Å². The zero-order valence-corrected chi connectivity index (χ0v) is 19.1. The van der Waals surface area contributed by atoms with Crippen LogP contribution in [0.1, 0.15) is 0 Å². The SMILES string of the molecule is c1ccc2cc3c(cc2c1)c1cc2sc4ccccc4c2cc1n3-c1cccc2ccccc12. The molecule has 0 amide bonds. The molecule has 34 heavy (non-hydrogen) atoms. The number of hydrogen-bond donors (Lipinski definition) is 0. The highest BCUT2D eigenvalue weighted by atomic mass is 32.1.